The average Bonchev–Trinajstić information content (AvgIpc) is 2.50. The van der Waals surface area contributed by atoms with Gasteiger partial charge in [-0.1, -0.05) is 55.7 Å². The van der Waals surface area contributed by atoms with Gasteiger partial charge in [0.25, 0.3) is 0 Å². The van der Waals surface area contributed by atoms with Crippen LogP contribution >= 0.6 is 12.4 Å². The number of rotatable bonds is 6. The van der Waals surface area contributed by atoms with Crippen LogP contribution in [0.3, 0.4) is 0 Å². The lowest BCUT2D eigenvalue weighted by atomic mass is 9.82. The minimum Gasteiger partial charge on any atom is -0.348 e. The van der Waals surface area contributed by atoms with E-state index in [4.69, 9.17) is 5.73 Å². The summed E-state index contributed by atoms with van der Waals surface area (Å²) in [6, 6.07) is 14.4. The summed E-state index contributed by atoms with van der Waals surface area (Å²) in [6.45, 7) is 0.424. The van der Waals surface area contributed by atoms with Crippen LogP contribution < -0.4 is 11.1 Å². The molecule has 2 aromatic carbocycles. The Balaban J connectivity index is 0.00000192. The summed E-state index contributed by atoms with van der Waals surface area (Å²) in [7, 11) is 0. The molecular formula is C19H25ClN2O. The number of carbonyl (C=O) groups is 1. The van der Waals surface area contributed by atoms with E-state index < -0.39 is 0 Å². The Kier molecular flexibility index (Phi) is 6.43. The fourth-order valence-electron chi connectivity index (χ4n) is 3.09. The number of benzene rings is 2. The van der Waals surface area contributed by atoms with Crippen molar-refractivity contribution >= 4 is 29.1 Å². The second-order valence-electron chi connectivity index (χ2n) is 6.30. The Bertz CT molecular complexity index is 655. The first-order valence-electron chi connectivity index (χ1n) is 8.24. The van der Waals surface area contributed by atoms with E-state index in [0.29, 0.717) is 13.0 Å². The van der Waals surface area contributed by atoms with Crippen LogP contribution in [0, 0.1) is 5.92 Å². The number of carbonyl (C=O) groups excluding carboxylic acids is 1. The van der Waals surface area contributed by atoms with E-state index in [9.17, 15) is 4.79 Å². The van der Waals surface area contributed by atoms with Crippen LogP contribution in [0.5, 0.6) is 0 Å². The molecule has 3 N–H and O–H groups in total. The van der Waals surface area contributed by atoms with Gasteiger partial charge < -0.3 is 11.1 Å². The van der Waals surface area contributed by atoms with Gasteiger partial charge in [-0.2, -0.15) is 0 Å². The molecule has 1 fully saturated rings. The van der Waals surface area contributed by atoms with E-state index in [1.54, 1.807) is 0 Å². The number of halogens is 1. The van der Waals surface area contributed by atoms with Gasteiger partial charge >= 0.3 is 0 Å². The lowest BCUT2D eigenvalue weighted by molar-refractivity contribution is -0.122. The molecular weight excluding hydrogens is 308 g/mol. The van der Waals surface area contributed by atoms with Crippen molar-refractivity contribution in [3.8, 4) is 0 Å². The summed E-state index contributed by atoms with van der Waals surface area (Å²) < 4.78 is 0. The summed E-state index contributed by atoms with van der Waals surface area (Å²) >= 11 is 0. The molecule has 1 aliphatic rings. The summed E-state index contributed by atoms with van der Waals surface area (Å²) in [5.74, 6) is 0.887. The van der Waals surface area contributed by atoms with Crippen molar-refractivity contribution in [2.45, 2.75) is 38.1 Å². The van der Waals surface area contributed by atoms with E-state index in [1.165, 1.54) is 30.0 Å². The molecule has 1 unspecified atom stereocenters. The molecule has 3 nitrogen and oxygen atoms in total. The third-order valence-corrected chi connectivity index (χ3v) is 4.75. The van der Waals surface area contributed by atoms with E-state index in [1.807, 2.05) is 12.1 Å². The second kappa shape index (κ2) is 8.32. The highest BCUT2D eigenvalue weighted by Gasteiger charge is 2.19. The molecule has 2 aromatic rings. The predicted molar refractivity (Wildman–Crippen MR) is 97.7 cm³/mol. The van der Waals surface area contributed by atoms with Crippen LogP contribution in [0.15, 0.2) is 42.5 Å². The van der Waals surface area contributed by atoms with Gasteiger partial charge in [-0.05, 0) is 34.7 Å². The SMILES string of the molecule is Cl.NCC(NC(=O)CCC1CCC1)c1ccc2ccccc2c1. The zero-order valence-corrected chi connectivity index (χ0v) is 14.1. The number of amides is 1. The lowest BCUT2D eigenvalue weighted by Gasteiger charge is -2.25. The summed E-state index contributed by atoms with van der Waals surface area (Å²) in [4.78, 5) is 12.1. The van der Waals surface area contributed by atoms with Gasteiger partial charge in [-0.25, -0.2) is 0 Å². The summed E-state index contributed by atoms with van der Waals surface area (Å²) in [5.41, 5.74) is 6.96. The van der Waals surface area contributed by atoms with E-state index in [-0.39, 0.29) is 24.4 Å². The Morgan fingerprint density at radius 3 is 2.57 bits per heavy atom. The highest BCUT2D eigenvalue weighted by molar-refractivity contribution is 5.85. The zero-order chi connectivity index (χ0) is 15.4. The number of hydrogen-bond donors (Lipinski definition) is 2. The molecule has 23 heavy (non-hydrogen) atoms. The lowest BCUT2D eigenvalue weighted by Crippen LogP contribution is -2.33. The highest BCUT2D eigenvalue weighted by Crippen LogP contribution is 2.30. The van der Waals surface area contributed by atoms with E-state index in [0.717, 1.165) is 17.9 Å². The highest BCUT2D eigenvalue weighted by atomic mass is 35.5. The molecule has 3 rings (SSSR count). The molecule has 1 saturated carbocycles. The van der Waals surface area contributed by atoms with E-state index in [2.05, 4.69) is 35.6 Å². The van der Waals surface area contributed by atoms with Gasteiger partial charge in [0.05, 0.1) is 6.04 Å². The maximum atomic E-state index is 12.1. The van der Waals surface area contributed by atoms with Crippen LogP contribution in [0.25, 0.3) is 10.8 Å². The molecule has 124 valence electrons. The molecule has 0 aliphatic heterocycles. The van der Waals surface area contributed by atoms with Gasteiger partial charge in [0, 0.05) is 13.0 Å². The number of nitrogens with two attached hydrogens (primary N) is 1. The summed E-state index contributed by atoms with van der Waals surface area (Å²) in [5, 5.41) is 5.48. The standard InChI is InChI=1S/C19H24N2O.ClH/c20-13-18(21-19(22)11-8-14-4-3-5-14)17-10-9-15-6-1-2-7-16(15)12-17;/h1-2,6-7,9-10,12,14,18H,3-5,8,11,13,20H2,(H,21,22);1H. The third-order valence-electron chi connectivity index (χ3n) is 4.75. The number of hydrogen-bond acceptors (Lipinski definition) is 2. The first-order chi connectivity index (χ1) is 10.8. The first-order valence-corrected chi connectivity index (χ1v) is 8.24. The molecule has 0 radical (unpaired) electrons. The maximum absolute atomic E-state index is 12.1. The Morgan fingerprint density at radius 2 is 1.91 bits per heavy atom. The van der Waals surface area contributed by atoms with Crippen molar-refractivity contribution in [2.24, 2.45) is 11.7 Å². The fourth-order valence-corrected chi connectivity index (χ4v) is 3.09. The predicted octanol–water partition coefficient (Wildman–Crippen LogP) is 3.96. The molecule has 0 aromatic heterocycles. The molecule has 0 saturated heterocycles. The van der Waals surface area contributed by atoms with Gasteiger partial charge in [0.1, 0.15) is 0 Å². The molecule has 4 heteroatoms. The van der Waals surface area contributed by atoms with Crippen molar-refractivity contribution in [3.63, 3.8) is 0 Å². The Hall–Kier alpha value is -1.58. The topological polar surface area (TPSA) is 55.1 Å². The largest absolute Gasteiger partial charge is 0.348 e. The van der Waals surface area contributed by atoms with Crippen molar-refractivity contribution in [1.29, 1.82) is 0 Å². The van der Waals surface area contributed by atoms with Crippen molar-refractivity contribution in [3.05, 3.63) is 48.0 Å². The monoisotopic (exact) mass is 332 g/mol. The average molecular weight is 333 g/mol. The van der Waals surface area contributed by atoms with Crippen molar-refractivity contribution in [1.82, 2.24) is 5.32 Å². The van der Waals surface area contributed by atoms with Gasteiger partial charge in [0.2, 0.25) is 5.91 Å². The van der Waals surface area contributed by atoms with Gasteiger partial charge in [-0.3, -0.25) is 4.79 Å². The van der Waals surface area contributed by atoms with Crippen LogP contribution in [-0.4, -0.2) is 12.5 Å². The molecule has 1 amide bonds. The van der Waals surface area contributed by atoms with Gasteiger partial charge in [-0.15, -0.1) is 12.4 Å². The Labute approximate surface area is 144 Å². The molecule has 1 atom stereocenters. The number of fused-ring (bicyclic) bond motifs is 1. The first kappa shape index (κ1) is 17.8. The second-order valence-corrected chi connectivity index (χ2v) is 6.30. The van der Waals surface area contributed by atoms with Crippen LogP contribution in [0.4, 0.5) is 0 Å². The molecule has 1 aliphatic carbocycles. The van der Waals surface area contributed by atoms with Crippen LogP contribution in [0.2, 0.25) is 0 Å². The minimum absolute atomic E-state index is 0. The minimum atomic E-state index is -0.0986. The quantitative estimate of drug-likeness (QED) is 0.841. The smallest absolute Gasteiger partial charge is 0.220 e. The maximum Gasteiger partial charge on any atom is 0.220 e. The van der Waals surface area contributed by atoms with Crippen LogP contribution in [-0.2, 0) is 4.79 Å². The van der Waals surface area contributed by atoms with E-state index >= 15 is 0 Å². The number of nitrogens with one attached hydrogen (secondary N) is 1. The van der Waals surface area contributed by atoms with Crippen molar-refractivity contribution < 1.29 is 4.79 Å². The normalized spacial score (nSPS) is 15.5. The van der Waals surface area contributed by atoms with Crippen molar-refractivity contribution in [2.75, 3.05) is 6.54 Å². The molecule has 0 spiro atoms. The molecule has 0 bridgehead atoms. The van der Waals surface area contributed by atoms with Gasteiger partial charge in [0.15, 0.2) is 0 Å². The van der Waals surface area contributed by atoms with Crippen LogP contribution in [0.1, 0.15) is 43.7 Å². The molecule has 0 heterocycles. The Morgan fingerprint density at radius 1 is 1.17 bits per heavy atom. The third kappa shape index (κ3) is 4.46. The summed E-state index contributed by atoms with van der Waals surface area (Å²) in [6.07, 6.45) is 5.54. The zero-order valence-electron chi connectivity index (χ0n) is 13.3. The fraction of sp³-hybridized carbons (Fsp3) is 0.421.